The number of Topliss-reactive ketones (excluding diaryl/α,β-unsaturated/α-hetero) is 1. The maximum Gasteiger partial charge on any atom is 0.218 e. The molecule has 0 aromatic heterocycles. The normalized spacial score (nSPS) is 12.2. The Morgan fingerprint density at radius 1 is 1.12 bits per heavy atom. The lowest BCUT2D eigenvalue weighted by molar-refractivity contribution is -0.119. The largest absolute Gasteiger partial charge is 0.334 e. The van der Waals surface area contributed by atoms with E-state index in [0.29, 0.717) is 5.56 Å². The fraction of sp³-hybridized carbons (Fsp3) is 0.385. The highest BCUT2D eigenvalue weighted by molar-refractivity contribution is 6.01. The van der Waals surface area contributed by atoms with Crippen LogP contribution in [0.15, 0.2) is 30.3 Å². The van der Waals surface area contributed by atoms with Crippen molar-refractivity contribution in [2.24, 2.45) is 0 Å². The second kappa shape index (κ2) is 6.15. The highest BCUT2D eigenvalue weighted by Gasteiger charge is 2.20. The molecule has 2 N–H and O–H groups in total. The molecule has 92 valence electrons. The summed E-state index contributed by atoms with van der Waals surface area (Å²) in [6.07, 6.45) is -0.671. The van der Waals surface area contributed by atoms with Crippen LogP contribution in [-0.2, 0) is 4.79 Å². The predicted molar refractivity (Wildman–Crippen MR) is 66.6 cm³/mol. The van der Waals surface area contributed by atoms with E-state index in [0.717, 1.165) is 0 Å². The zero-order valence-corrected chi connectivity index (χ0v) is 10.4. The van der Waals surface area contributed by atoms with Crippen molar-refractivity contribution >= 4 is 11.7 Å². The molecule has 1 aromatic carbocycles. The number of nitrogens with one attached hydrogen (secondary N) is 2. The Morgan fingerprint density at radius 3 is 2.18 bits per heavy atom. The molecule has 1 unspecified atom stereocenters. The molecule has 0 aliphatic carbocycles. The van der Waals surface area contributed by atoms with Gasteiger partial charge in [-0.2, -0.15) is 0 Å². The van der Waals surface area contributed by atoms with Gasteiger partial charge in [-0.15, -0.1) is 0 Å². The van der Waals surface area contributed by atoms with Crippen LogP contribution in [0.5, 0.6) is 0 Å². The first kappa shape index (κ1) is 13.4. The van der Waals surface area contributed by atoms with Crippen molar-refractivity contribution < 1.29 is 9.59 Å². The molecule has 0 spiro atoms. The summed E-state index contributed by atoms with van der Waals surface area (Å²) in [6, 6.07) is 9.03. The van der Waals surface area contributed by atoms with Crippen LogP contribution in [0, 0.1) is 0 Å². The number of rotatable bonds is 5. The van der Waals surface area contributed by atoms with E-state index in [1.807, 2.05) is 19.9 Å². The molecule has 0 saturated heterocycles. The Bertz CT molecular complexity index is 388. The second-order valence-corrected chi connectivity index (χ2v) is 4.19. The summed E-state index contributed by atoms with van der Waals surface area (Å²) < 4.78 is 0. The minimum absolute atomic E-state index is 0.111. The van der Waals surface area contributed by atoms with Crippen molar-refractivity contribution in [2.45, 2.75) is 33.0 Å². The molecule has 4 heteroatoms. The summed E-state index contributed by atoms with van der Waals surface area (Å²) >= 11 is 0. The zero-order valence-electron chi connectivity index (χ0n) is 10.4. The van der Waals surface area contributed by atoms with Gasteiger partial charge >= 0.3 is 0 Å². The van der Waals surface area contributed by atoms with Crippen molar-refractivity contribution in [3.8, 4) is 0 Å². The lowest BCUT2D eigenvalue weighted by Crippen LogP contribution is -2.52. The van der Waals surface area contributed by atoms with Gasteiger partial charge in [0.2, 0.25) is 5.91 Å². The molecule has 0 fully saturated rings. The van der Waals surface area contributed by atoms with Gasteiger partial charge in [-0.25, -0.2) is 0 Å². The number of carbonyl (C=O) groups excluding carboxylic acids is 2. The fourth-order valence-corrected chi connectivity index (χ4v) is 1.49. The number of ketones is 1. The lowest BCUT2D eigenvalue weighted by atomic mass is 10.1. The van der Waals surface area contributed by atoms with Gasteiger partial charge in [0.1, 0.15) is 6.17 Å². The van der Waals surface area contributed by atoms with Crippen LogP contribution >= 0.6 is 0 Å². The zero-order chi connectivity index (χ0) is 12.8. The van der Waals surface area contributed by atoms with Gasteiger partial charge in [0.15, 0.2) is 5.78 Å². The smallest absolute Gasteiger partial charge is 0.218 e. The molecular weight excluding hydrogens is 216 g/mol. The maximum atomic E-state index is 12.1. The minimum atomic E-state index is -0.671. The van der Waals surface area contributed by atoms with Crippen molar-refractivity contribution in [2.75, 3.05) is 0 Å². The first-order valence-electron chi connectivity index (χ1n) is 5.63. The van der Waals surface area contributed by atoms with E-state index < -0.39 is 6.17 Å². The Hall–Kier alpha value is -1.68. The fourth-order valence-electron chi connectivity index (χ4n) is 1.49. The van der Waals surface area contributed by atoms with Crippen LogP contribution in [0.25, 0.3) is 0 Å². The number of hydrogen-bond acceptors (Lipinski definition) is 3. The Balaban J connectivity index is 2.82. The molecule has 1 rings (SSSR count). The topological polar surface area (TPSA) is 58.2 Å². The van der Waals surface area contributed by atoms with E-state index >= 15 is 0 Å². The lowest BCUT2D eigenvalue weighted by Gasteiger charge is -2.20. The van der Waals surface area contributed by atoms with Gasteiger partial charge in [-0.05, 0) is 13.8 Å². The van der Waals surface area contributed by atoms with Crippen LogP contribution in [0.1, 0.15) is 31.1 Å². The van der Waals surface area contributed by atoms with E-state index in [2.05, 4.69) is 10.6 Å². The van der Waals surface area contributed by atoms with Crippen molar-refractivity contribution in [1.82, 2.24) is 10.6 Å². The summed E-state index contributed by atoms with van der Waals surface area (Å²) in [6.45, 7) is 5.24. The molecule has 1 amide bonds. The van der Waals surface area contributed by atoms with Crippen LogP contribution in [0.3, 0.4) is 0 Å². The average molecular weight is 234 g/mol. The highest BCUT2D eigenvalue weighted by Crippen LogP contribution is 2.03. The molecular formula is C13H18N2O2. The monoisotopic (exact) mass is 234 g/mol. The van der Waals surface area contributed by atoms with Crippen LogP contribution < -0.4 is 10.6 Å². The van der Waals surface area contributed by atoms with Crippen LogP contribution in [0.2, 0.25) is 0 Å². The third-order valence-electron chi connectivity index (χ3n) is 2.17. The highest BCUT2D eigenvalue weighted by atomic mass is 16.2. The molecule has 17 heavy (non-hydrogen) atoms. The first-order chi connectivity index (χ1) is 8.00. The third-order valence-corrected chi connectivity index (χ3v) is 2.17. The number of hydrogen-bond donors (Lipinski definition) is 2. The summed E-state index contributed by atoms with van der Waals surface area (Å²) in [5.74, 6) is -0.359. The summed E-state index contributed by atoms with van der Waals surface area (Å²) in [4.78, 5) is 23.2. The molecule has 0 aliphatic rings. The van der Waals surface area contributed by atoms with Gasteiger partial charge < -0.3 is 5.32 Å². The van der Waals surface area contributed by atoms with Crippen LogP contribution in [0.4, 0.5) is 0 Å². The molecule has 1 aromatic rings. The minimum Gasteiger partial charge on any atom is -0.334 e. The van der Waals surface area contributed by atoms with E-state index in [1.54, 1.807) is 24.3 Å². The third kappa shape index (κ3) is 4.36. The number of carbonyl (C=O) groups is 2. The molecule has 4 nitrogen and oxygen atoms in total. The van der Waals surface area contributed by atoms with E-state index in [4.69, 9.17) is 0 Å². The molecule has 0 radical (unpaired) electrons. The van der Waals surface area contributed by atoms with Crippen molar-refractivity contribution in [1.29, 1.82) is 0 Å². The van der Waals surface area contributed by atoms with Gasteiger partial charge in [-0.1, -0.05) is 30.3 Å². The predicted octanol–water partition coefficient (Wildman–Crippen LogP) is 1.33. The summed E-state index contributed by atoms with van der Waals surface area (Å²) in [5.41, 5.74) is 0.583. The molecule has 1 atom stereocenters. The van der Waals surface area contributed by atoms with Gasteiger partial charge in [0, 0.05) is 18.5 Å². The van der Waals surface area contributed by atoms with Gasteiger partial charge in [-0.3, -0.25) is 14.9 Å². The SMILES string of the molecule is CC(=O)NC(NC(C)C)C(=O)c1ccccc1. The number of amides is 1. The molecule has 0 aliphatic heterocycles. The maximum absolute atomic E-state index is 12.1. The van der Waals surface area contributed by atoms with E-state index in [-0.39, 0.29) is 17.7 Å². The van der Waals surface area contributed by atoms with Crippen LogP contribution in [-0.4, -0.2) is 23.9 Å². The standard InChI is InChI=1S/C13H18N2O2/c1-9(2)14-13(15-10(3)16)12(17)11-7-5-4-6-8-11/h4-9,13-14H,1-3H3,(H,15,16). The Labute approximate surface area is 101 Å². The molecule has 0 saturated carbocycles. The number of benzene rings is 1. The summed E-state index contributed by atoms with van der Waals surface area (Å²) in [5, 5.41) is 5.64. The average Bonchev–Trinajstić information content (AvgIpc) is 2.27. The Morgan fingerprint density at radius 2 is 1.71 bits per heavy atom. The Kier molecular flexibility index (Phi) is 4.84. The van der Waals surface area contributed by atoms with Crippen molar-refractivity contribution in [3.05, 3.63) is 35.9 Å². The second-order valence-electron chi connectivity index (χ2n) is 4.19. The van der Waals surface area contributed by atoms with Gasteiger partial charge in [0.25, 0.3) is 0 Å². The van der Waals surface area contributed by atoms with E-state index in [9.17, 15) is 9.59 Å². The molecule has 0 heterocycles. The van der Waals surface area contributed by atoms with Gasteiger partial charge in [0.05, 0.1) is 0 Å². The van der Waals surface area contributed by atoms with E-state index in [1.165, 1.54) is 6.92 Å². The quantitative estimate of drug-likeness (QED) is 0.597. The first-order valence-corrected chi connectivity index (χ1v) is 5.63. The van der Waals surface area contributed by atoms with Crippen molar-refractivity contribution in [3.63, 3.8) is 0 Å². The summed E-state index contributed by atoms with van der Waals surface area (Å²) in [7, 11) is 0. The molecule has 0 bridgehead atoms.